The molecule has 0 bridgehead atoms. The molecule has 22 heavy (non-hydrogen) atoms. The Hall–Kier alpha value is -1.98. The van der Waals surface area contributed by atoms with E-state index in [1.54, 1.807) is 6.33 Å². The van der Waals surface area contributed by atoms with Crippen LogP contribution in [0.1, 0.15) is 24.4 Å². The van der Waals surface area contributed by atoms with Gasteiger partial charge in [0.05, 0.1) is 6.61 Å². The summed E-state index contributed by atoms with van der Waals surface area (Å²) in [7, 11) is 1.96. The van der Waals surface area contributed by atoms with Gasteiger partial charge in [-0.3, -0.25) is 4.90 Å². The molecule has 116 valence electrons. The van der Waals surface area contributed by atoms with Crippen molar-refractivity contribution in [2.45, 2.75) is 13.0 Å². The summed E-state index contributed by atoms with van der Waals surface area (Å²) < 4.78 is 7.78. The number of hydrogen-bond donors (Lipinski definition) is 0. The van der Waals surface area contributed by atoms with E-state index in [1.165, 1.54) is 11.1 Å². The van der Waals surface area contributed by atoms with E-state index in [4.69, 9.17) is 4.74 Å². The highest BCUT2D eigenvalue weighted by Crippen LogP contribution is 2.20. The average Bonchev–Trinajstić information content (AvgIpc) is 2.94. The van der Waals surface area contributed by atoms with Gasteiger partial charge in [0, 0.05) is 26.7 Å². The van der Waals surface area contributed by atoms with E-state index in [9.17, 15) is 0 Å². The number of hydrogen-bond acceptors (Lipinski definition) is 4. The molecular formula is C17H22N4O. The van der Waals surface area contributed by atoms with Crippen LogP contribution < -0.4 is 0 Å². The minimum Gasteiger partial charge on any atom is -0.368 e. The minimum atomic E-state index is 0.00535. The second kappa shape index (κ2) is 6.85. The first kappa shape index (κ1) is 14.9. The number of benzene rings is 1. The lowest BCUT2D eigenvalue weighted by atomic mass is 10.1. The van der Waals surface area contributed by atoms with E-state index in [0.717, 1.165) is 32.1 Å². The van der Waals surface area contributed by atoms with Gasteiger partial charge in [-0.25, -0.2) is 0 Å². The van der Waals surface area contributed by atoms with Crippen LogP contribution >= 0.6 is 0 Å². The lowest BCUT2D eigenvalue weighted by Crippen LogP contribution is -2.39. The lowest BCUT2D eigenvalue weighted by Gasteiger charge is -2.32. The van der Waals surface area contributed by atoms with Gasteiger partial charge in [0.1, 0.15) is 12.4 Å². The monoisotopic (exact) mass is 298 g/mol. The predicted octanol–water partition coefficient (Wildman–Crippen LogP) is 2.29. The van der Waals surface area contributed by atoms with Gasteiger partial charge in [-0.1, -0.05) is 42.0 Å². The Morgan fingerprint density at radius 2 is 2.18 bits per heavy atom. The Labute approximate surface area is 131 Å². The lowest BCUT2D eigenvalue weighted by molar-refractivity contribution is -0.0326. The van der Waals surface area contributed by atoms with Crippen LogP contribution in [0.5, 0.6) is 0 Å². The summed E-state index contributed by atoms with van der Waals surface area (Å²) in [5, 5.41) is 8.11. The first-order valence-corrected chi connectivity index (χ1v) is 7.62. The summed E-state index contributed by atoms with van der Waals surface area (Å²) in [5.41, 5.74) is 2.60. The van der Waals surface area contributed by atoms with Crippen LogP contribution in [0.15, 0.2) is 42.2 Å². The molecule has 1 aromatic heterocycles. The zero-order valence-electron chi connectivity index (χ0n) is 13.1. The van der Waals surface area contributed by atoms with Crippen LogP contribution in [-0.4, -0.2) is 45.9 Å². The highest BCUT2D eigenvalue weighted by atomic mass is 16.5. The van der Waals surface area contributed by atoms with Gasteiger partial charge in [-0.2, -0.15) is 0 Å². The molecule has 1 aromatic carbocycles. The molecule has 5 heteroatoms. The molecule has 3 rings (SSSR count). The van der Waals surface area contributed by atoms with E-state index in [1.807, 2.05) is 17.7 Å². The summed E-state index contributed by atoms with van der Waals surface area (Å²) in [5.74, 6) is 0.898. The molecular weight excluding hydrogens is 276 g/mol. The van der Waals surface area contributed by atoms with Crippen molar-refractivity contribution in [3.8, 4) is 0 Å². The first-order chi connectivity index (χ1) is 10.7. The van der Waals surface area contributed by atoms with Crippen molar-refractivity contribution >= 4 is 6.08 Å². The second-order valence-electron chi connectivity index (χ2n) is 5.80. The fraction of sp³-hybridized carbons (Fsp3) is 0.412. The molecule has 0 saturated carbocycles. The third kappa shape index (κ3) is 3.61. The Balaban J connectivity index is 1.63. The summed E-state index contributed by atoms with van der Waals surface area (Å²) >= 11 is 0. The fourth-order valence-corrected chi connectivity index (χ4v) is 2.82. The normalized spacial score (nSPS) is 20.3. The smallest absolute Gasteiger partial charge is 0.163 e. The van der Waals surface area contributed by atoms with E-state index in [2.05, 4.69) is 52.4 Å². The molecule has 1 fully saturated rings. The van der Waals surface area contributed by atoms with Crippen LogP contribution in [-0.2, 0) is 11.8 Å². The maximum atomic E-state index is 5.85. The quantitative estimate of drug-likeness (QED) is 0.868. The highest BCUT2D eigenvalue weighted by molar-refractivity contribution is 5.52. The Morgan fingerprint density at radius 3 is 2.91 bits per heavy atom. The zero-order valence-corrected chi connectivity index (χ0v) is 13.1. The van der Waals surface area contributed by atoms with Crippen molar-refractivity contribution in [3.63, 3.8) is 0 Å². The molecule has 5 nitrogen and oxygen atoms in total. The van der Waals surface area contributed by atoms with E-state index in [0.29, 0.717) is 0 Å². The summed E-state index contributed by atoms with van der Waals surface area (Å²) in [6.07, 6.45) is 3.97. The average molecular weight is 298 g/mol. The molecule has 2 aromatic rings. The minimum absolute atomic E-state index is 0.00535. The van der Waals surface area contributed by atoms with Crippen LogP contribution in [0.3, 0.4) is 0 Å². The maximum absolute atomic E-state index is 5.85. The van der Waals surface area contributed by atoms with Crippen LogP contribution in [0.25, 0.3) is 6.08 Å². The number of aryl methyl sites for hydroxylation is 1. The molecule has 0 spiro atoms. The number of nitrogens with zero attached hydrogens (tertiary/aromatic N) is 4. The SMILES string of the molecule is C/C(=C\c1ccccc1)CN1CCOC(c2nncn2C)C1. The van der Waals surface area contributed by atoms with E-state index < -0.39 is 0 Å². The molecule has 1 aliphatic heterocycles. The van der Waals surface area contributed by atoms with Crippen molar-refractivity contribution in [3.05, 3.63) is 53.6 Å². The number of aromatic nitrogens is 3. The molecule has 0 amide bonds. The fourth-order valence-electron chi connectivity index (χ4n) is 2.82. The van der Waals surface area contributed by atoms with Gasteiger partial charge in [-0.05, 0) is 12.5 Å². The Bertz CT molecular complexity index is 635. The number of rotatable bonds is 4. The summed E-state index contributed by atoms with van der Waals surface area (Å²) in [6, 6.07) is 10.4. The van der Waals surface area contributed by atoms with Crippen LogP contribution in [0.4, 0.5) is 0 Å². The topological polar surface area (TPSA) is 43.2 Å². The molecule has 1 saturated heterocycles. The van der Waals surface area contributed by atoms with Crippen molar-refractivity contribution in [1.82, 2.24) is 19.7 Å². The first-order valence-electron chi connectivity index (χ1n) is 7.62. The Morgan fingerprint density at radius 1 is 1.36 bits per heavy atom. The largest absolute Gasteiger partial charge is 0.368 e. The van der Waals surface area contributed by atoms with E-state index in [-0.39, 0.29) is 6.10 Å². The van der Waals surface area contributed by atoms with Gasteiger partial charge in [-0.15, -0.1) is 10.2 Å². The van der Waals surface area contributed by atoms with Crippen LogP contribution in [0.2, 0.25) is 0 Å². The maximum Gasteiger partial charge on any atom is 0.163 e. The molecule has 2 heterocycles. The molecule has 1 unspecified atom stereocenters. The van der Waals surface area contributed by atoms with Gasteiger partial charge in [0.2, 0.25) is 0 Å². The molecule has 1 aliphatic rings. The van der Waals surface area contributed by atoms with Gasteiger partial charge < -0.3 is 9.30 Å². The standard InChI is InChI=1S/C17H22N4O/c1-14(10-15-6-4-3-5-7-15)11-21-8-9-22-16(12-21)17-19-18-13-20(17)2/h3-7,10,13,16H,8-9,11-12H2,1-2H3/b14-10+. The van der Waals surface area contributed by atoms with Crippen molar-refractivity contribution in [1.29, 1.82) is 0 Å². The predicted molar refractivity (Wildman–Crippen MR) is 86.2 cm³/mol. The van der Waals surface area contributed by atoms with Gasteiger partial charge in [0.15, 0.2) is 5.82 Å². The third-order valence-corrected chi connectivity index (χ3v) is 3.87. The molecule has 0 radical (unpaired) electrons. The van der Waals surface area contributed by atoms with Crippen LogP contribution in [0, 0.1) is 0 Å². The summed E-state index contributed by atoms with van der Waals surface area (Å²) in [6.45, 7) is 5.67. The van der Waals surface area contributed by atoms with Crippen molar-refractivity contribution in [2.24, 2.45) is 7.05 Å². The number of morpholine rings is 1. The third-order valence-electron chi connectivity index (χ3n) is 3.87. The Kier molecular flexibility index (Phi) is 4.65. The molecule has 0 aliphatic carbocycles. The second-order valence-corrected chi connectivity index (χ2v) is 5.80. The van der Waals surface area contributed by atoms with Gasteiger partial charge in [0.25, 0.3) is 0 Å². The highest BCUT2D eigenvalue weighted by Gasteiger charge is 2.25. The number of ether oxygens (including phenoxy) is 1. The summed E-state index contributed by atoms with van der Waals surface area (Å²) in [4.78, 5) is 2.41. The molecule has 0 N–H and O–H groups in total. The van der Waals surface area contributed by atoms with Crippen molar-refractivity contribution < 1.29 is 4.74 Å². The zero-order chi connectivity index (χ0) is 15.4. The van der Waals surface area contributed by atoms with E-state index >= 15 is 0 Å². The molecule has 1 atom stereocenters. The van der Waals surface area contributed by atoms with Crippen molar-refractivity contribution in [2.75, 3.05) is 26.2 Å². The van der Waals surface area contributed by atoms with Gasteiger partial charge >= 0.3 is 0 Å².